The van der Waals surface area contributed by atoms with E-state index < -0.39 is 0 Å². The summed E-state index contributed by atoms with van der Waals surface area (Å²) >= 11 is 0. The minimum atomic E-state index is -0.233. The first kappa shape index (κ1) is 14.7. The molecule has 3 aliphatic rings. The van der Waals surface area contributed by atoms with Crippen LogP contribution in [0.15, 0.2) is 94.2 Å². The van der Waals surface area contributed by atoms with Crippen LogP contribution < -0.4 is 5.63 Å². The second-order valence-electron chi connectivity index (χ2n) is 7.22. The lowest BCUT2D eigenvalue weighted by Crippen LogP contribution is -2.14. The van der Waals surface area contributed by atoms with Gasteiger partial charge in [0.05, 0.1) is 11.5 Å². The van der Waals surface area contributed by atoms with Crippen LogP contribution in [0.5, 0.6) is 0 Å². The fraction of sp³-hybridized carbons (Fsp3) is 0.0800. The SMILES string of the molecule is O=c1oc(C2C=CC=C2)c2c(c1C1C=CC=C1)-c1cccc3cccc-2c13. The monoisotopic (exact) mass is 348 g/mol. The zero-order valence-electron chi connectivity index (χ0n) is 14.6. The van der Waals surface area contributed by atoms with Gasteiger partial charge in [0.25, 0.3) is 0 Å². The molecule has 2 aromatic carbocycles. The zero-order chi connectivity index (χ0) is 18.0. The Balaban J connectivity index is 1.79. The van der Waals surface area contributed by atoms with E-state index in [1.165, 1.54) is 10.8 Å². The molecule has 0 atom stereocenters. The first-order valence-corrected chi connectivity index (χ1v) is 9.26. The second-order valence-corrected chi connectivity index (χ2v) is 7.22. The van der Waals surface area contributed by atoms with E-state index in [4.69, 9.17) is 4.42 Å². The van der Waals surface area contributed by atoms with Crippen molar-refractivity contribution in [3.63, 3.8) is 0 Å². The molecule has 3 aromatic rings. The van der Waals surface area contributed by atoms with Gasteiger partial charge in [-0.1, -0.05) is 85.0 Å². The molecule has 0 aliphatic heterocycles. The minimum Gasteiger partial charge on any atom is -0.426 e. The molecule has 0 radical (unpaired) electrons. The molecular formula is C25H16O2. The number of fused-ring (bicyclic) bond motifs is 3. The third-order valence-corrected chi connectivity index (χ3v) is 5.76. The molecule has 1 aromatic heterocycles. The van der Waals surface area contributed by atoms with E-state index in [1.54, 1.807) is 0 Å². The Labute approximate surface area is 156 Å². The van der Waals surface area contributed by atoms with Crippen LogP contribution in [-0.4, -0.2) is 0 Å². The highest BCUT2D eigenvalue weighted by atomic mass is 16.4. The number of hydrogen-bond donors (Lipinski definition) is 0. The highest BCUT2D eigenvalue weighted by Gasteiger charge is 2.33. The molecule has 0 spiro atoms. The fourth-order valence-electron chi connectivity index (χ4n) is 4.64. The van der Waals surface area contributed by atoms with Gasteiger partial charge in [0, 0.05) is 17.0 Å². The van der Waals surface area contributed by atoms with E-state index >= 15 is 0 Å². The topological polar surface area (TPSA) is 30.2 Å². The summed E-state index contributed by atoms with van der Waals surface area (Å²) in [5, 5.41) is 2.41. The summed E-state index contributed by atoms with van der Waals surface area (Å²) in [4.78, 5) is 13.1. The largest absolute Gasteiger partial charge is 0.426 e. The second kappa shape index (κ2) is 5.31. The van der Waals surface area contributed by atoms with Gasteiger partial charge in [-0.25, -0.2) is 4.79 Å². The van der Waals surface area contributed by atoms with Gasteiger partial charge in [-0.15, -0.1) is 0 Å². The van der Waals surface area contributed by atoms with E-state index in [1.807, 2.05) is 24.3 Å². The van der Waals surface area contributed by atoms with Crippen molar-refractivity contribution in [2.75, 3.05) is 0 Å². The minimum absolute atomic E-state index is 0.000249. The van der Waals surface area contributed by atoms with Crippen molar-refractivity contribution in [2.45, 2.75) is 11.8 Å². The van der Waals surface area contributed by atoms with Crippen LogP contribution in [-0.2, 0) is 0 Å². The average molecular weight is 348 g/mol. The molecule has 2 heteroatoms. The summed E-state index contributed by atoms with van der Waals surface area (Å²) in [5.74, 6) is 0.710. The third kappa shape index (κ3) is 1.93. The standard InChI is InChI=1S/C25H16O2/c26-25-21(16-7-1-2-8-16)22-18-13-5-11-15-12-6-14-19(20(15)18)23(22)24(27-25)17-9-3-4-10-17/h1-14,16-17H. The molecule has 128 valence electrons. The van der Waals surface area contributed by atoms with Crippen molar-refractivity contribution < 1.29 is 4.42 Å². The quantitative estimate of drug-likeness (QED) is 0.454. The van der Waals surface area contributed by atoms with E-state index in [9.17, 15) is 4.79 Å². The maximum Gasteiger partial charge on any atom is 0.340 e. The van der Waals surface area contributed by atoms with Crippen LogP contribution in [0, 0.1) is 0 Å². The van der Waals surface area contributed by atoms with Crippen LogP contribution in [0.2, 0.25) is 0 Å². The zero-order valence-corrected chi connectivity index (χ0v) is 14.6. The number of hydrogen-bond acceptors (Lipinski definition) is 2. The van der Waals surface area contributed by atoms with E-state index in [0.717, 1.165) is 33.6 Å². The van der Waals surface area contributed by atoms with Gasteiger partial charge in [-0.05, 0) is 21.9 Å². The Morgan fingerprint density at radius 3 is 1.96 bits per heavy atom. The Morgan fingerprint density at radius 2 is 1.30 bits per heavy atom. The summed E-state index contributed by atoms with van der Waals surface area (Å²) in [6, 6.07) is 12.7. The molecule has 27 heavy (non-hydrogen) atoms. The Kier molecular flexibility index (Phi) is 2.90. The van der Waals surface area contributed by atoms with Gasteiger partial charge in [0.2, 0.25) is 0 Å². The van der Waals surface area contributed by atoms with Crippen molar-refractivity contribution >= 4 is 10.8 Å². The van der Waals surface area contributed by atoms with Crippen LogP contribution in [0.3, 0.4) is 0 Å². The van der Waals surface area contributed by atoms with E-state index in [0.29, 0.717) is 0 Å². The number of rotatable bonds is 2. The summed E-state index contributed by atoms with van der Waals surface area (Å²) in [6.45, 7) is 0. The number of benzene rings is 2. The highest BCUT2D eigenvalue weighted by Crippen LogP contribution is 2.52. The molecule has 0 fully saturated rings. The normalized spacial score (nSPS) is 16.9. The van der Waals surface area contributed by atoms with Crippen molar-refractivity contribution in [1.29, 1.82) is 0 Å². The van der Waals surface area contributed by atoms with Crippen molar-refractivity contribution in [3.8, 4) is 22.3 Å². The lowest BCUT2D eigenvalue weighted by molar-refractivity contribution is 0.456. The van der Waals surface area contributed by atoms with Crippen LogP contribution >= 0.6 is 0 Å². The fourth-order valence-corrected chi connectivity index (χ4v) is 4.64. The molecule has 0 saturated carbocycles. The van der Waals surface area contributed by atoms with E-state index in [2.05, 4.69) is 60.7 Å². The van der Waals surface area contributed by atoms with Gasteiger partial charge in [-0.2, -0.15) is 0 Å². The van der Waals surface area contributed by atoms with Crippen LogP contribution in [0.4, 0.5) is 0 Å². The van der Waals surface area contributed by atoms with Gasteiger partial charge in [0.1, 0.15) is 5.76 Å². The predicted molar refractivity (Wildman–Crippen MR) is 109 cm³/mol. The Bertz CT molecular complexity index is 1270. The smallest absolute Gasteiger partial charge is 0.340 e. The van der Waals surface area contributed by atoms with Crippen molar-refractivity contribution in [3.05, 3.63) is 107 Å². The molecular weight excluding hydrogens is 332 g/mol. The molecule has 1 heterocycles. The van der Waals surface area contributed by atoms with Gasteiger partial charge in [0.15, 0.2) is 0 Å². The first-order valence-electron chi connectivity index (χ1n) is 9.26. The average Bonchev–Trinajstić information content (AvgIpc) is 3.44. The first-order chi connectivity index (χ1) is 13.3. The molecule has 0 bridgehead atoms. The predicted octanol–water partition coefficient (Wildman–Crippen LogP) is 5.86. The summed E-state index contributed by atoms with van der Waals surface area (Å²) < 4.78 is 5.98. The molecule has 0 unspecified atom stereocenters. The van der Waals surface area contributed by atoms with Crippen molar-refractivity contribution in [2.24, 2.45) is 0 Å². The van der Waals surface area contributed by atoms with Gasteiger partial charge < -0.3 is 4.42 Å². The lowest BCUT2D eigenvalue weighted by atomic mass is 9.89. The van der Waals surface area contributed by atoms with Crippen LogP contribution in [0.25, 0.3) is 33.0 Å². The summed E-state index contributed by atoms with van der Waals surface area (Å²) in [5.41, 5.74) is 4.94. The maximum atomic E-state index is 13.1. The molecule has 0 saturated heterocycles. The van der Waals surface area contributed by atoms with Crippen molar-refractivity contribution in [1.82, 2.24) is 0 Å². The third-order valence-electron chi connectivity index (χ3n) is 5.76. The number of allylic oxidation sites excluding steroid dienone is 8. The lowest BCUT2D eigenvalue weighted by Gasteiger charge is -2.17. The molecule has 0 amide bonds. The molecule has 6 rings (SSSR count). The van der Waals surface area contributed by atoms with Crippen LogP contribution in [0.1, 0.15) is 23.2 Å². The molecule has 2 nitrogen and oxygen atoms in total. The summed E-state index contributed by atoms with van der Waals surface area (Å²) in [6.07, 6.45) is 16.3. The van der Waals surface area contributed by atoms with Gasteiger partial charge in [-0.3, -0.25) is 0 Å². The molecule has 3 aliphatic carbocycles. The Hall–Kier alpha value is -3.39. The molecule has 0 N–H and O–H groups in total. The van der Waals surface area contributed by atoms with E-state index in [-0.39, 0.29) is 17.5 Å². The Morgan fingerprint density at radius 1 is 0.704 bits per heavy atom. The van der Waals surface area contributed by atoms with Gasteiger partial charge >= 0.3 is 5.63 Å². The maximum absolute atomic E-state index is 13.1. The highest BCUT2D eigenvalue weighted by molar-refractivity contribution is 6.16. The summed E-state index contributed by atoms with van der Waals surface area (Å²) in [7, 11) is 0.